The van der Waals surface area contributed by atoms with Crippen LogP contribution in [0, 0.1) is 26.0 Å². The van der Waals surface area contributed by atoms with Crippen LogP contribution in [0.5, 0.6) is 11.5 Å². The Morgan fingerprint density at radius 2 is 1.13 bits per heavy atom. The van der Waals surface area contributed by atoms with Crippen molar-refractivity contribution >= 4 is 23.5 Å². The second-order valence-electron chi connectivity index (χ2n) is 16.8. The average Bonchev–Trinajstić information content (AvgIpc) is 4.05. The third-order valence-corrected chi connectivity index (χ3v) is 12.8. The molecule has 370 valence electrons. The van der Waals surface area contributed by atoms with Crippen LogP contribution in [0.2, 0.25) is 0 Å². The van der Waals surface area contributed by atoms with E-state index in [9.17, 15) is 24.6 Å². The van der Waals surface area contributed by atoms with Crippen LogP contribution in [-0.2, 0) is 22.8 Å². The molecule has 0 aliphatic carbocycles. The van der Waals surface area contributed by atoms with Crippen LogP contribution >= 0.6 is 0 Å². The first kappa shape index (κ1) is 60.8. The molecule has 4 fully saturated rings. The molecule has 2 aromatic heterocycles. The zero-order valence-electron chi connectivity index (χ0n) is 42.6. The van der Waals surface area contributed by atoms with E-state index in [-0.39, 0.29) is 138 Å². The SMILES string of the molecule is CCn1cc(-c2cc([N+](=O)[O-])c(OC)cc2F)cn1.CCn1cc(-c2cc([N+](=O)[O-])c(OC)cc2N2CCC(N3CCN(C)CC3)CC2)cn1.CN1CCN(C2CCNCC2)CC1.O=CO[O-].[H-].[K+].[K+]. The third kappa shape index (κ3) is 17.6. The van der Waals surface area contributed by atoms with E-state index in [0.717, 1.165) is 93.6 Å². The molecule has 8 rings (SSSR count). The second kappa shape index (κ2) is 31.2. The van der Waals surface area contributed by atoms with Crippen molar-refractivity contribution in [3.8, 4) is 33.8 Å². The number of methoxy groups -OCH3 is 2. The number of piperidine rings is 2. The first-order chi connectivity index (χ1) is 32.3. The Labute approximate surface area is 490 Å². The van der Waals surface area contributed by atoms with E-state index in [4.69, 9.17) is 19.5 Å². The van der Waals surface area contributed by atoms with Gasteiger partial charge in [0, 0.05) is 155 Å². The predicted molar refractivity (Wildman–Crippen MR) is 251 cm³/mol. The molecular weight excluding hydrogens is 950 g/mol. The van der Waals surface area contributed by atoms with Gasteiger partial charge in [0.15, 0.2) is 11.5 Å². The van der Waals surface area contributed by atoms with Gasteiger partial charge in [-0.3, -0.25) is 44.2 Å². The summed E-state index contributed by atoms with van der Waals surface area (Å²) in [6.07, 6.45) is 11.7. The first-order valence-corrected chi connectivity index (χ1v) is 22.8. The molecule has 0 spiro atoms. The fraction of sp³-hybridized carbons (Fsp3) is 0.578. The molecule has 1 N–H and O–H groups in total. The molecule has 69 heavy (non-hydrogen) atoms. The molecule has 0 unspecified atom stereocenters. The number of anilines is 1. The van der Waals surface area contributed by atoms with Crippen molar-refractivity contribution in [2.75, 3.05) is 112 Å². The number of ether oxygens (including phenoxy) is 2. The topological polar surface area (TPSA) is 218 Å². The van der Waals surface area contributed by atoms with Crippen molar-refractivity contribution in [2.45, 2.75) is 64.7 Å². The smallest absolute Gasteiger partial charge is 1.00 e. The summed E-state index contributed by atoms with van der Waals surface area (Å²) in [6, 6.07) is 7.11. The molecule has 0 atom stereocenters. The molecule has 4 saturated heterocycles. The Morgan fingerprint density at radius 3 is 1.54 bits per heavy atom. The van der Waals surface area contributed by atoms with Crippen molar-refractivity contribution in [2.24, 2.45) is 0 Å². The van der Waals surface area contributed by atoms with Crippen molar-refractivity contribution < 1.29 is 143 Å². The average molecular weight is 1020 g/mol. The molecular formula is C45H67FK2N12O9. The minimum Gasteiger partial charge on any atom is -1.00 e. The summed E-state index contributed by atoms with van der Waals surface area (Å²) in [5, 5.41) is 42.8. The van der Waals surface area contributed by atoms with Gasteiger partial charge in [-0.05, 0) is 66.7 Å². The van der Waals surface area contributed by atoms with Crippen molar-refractivity contribution in [1.29, 1.82) is 0 Å². The van der Waals surface area contributed by atoms with E-state index in [0.29, 0.717) is 23.9 Å². The standard InChI is InChI=1S/C22H32N6O3.C12H12FN3O3.C10H21N3.CH2O3.2K.H/c1-4-27-16-17(15-23-27)19-13-21(28(29)30)22(31-3)14-20(19)26-7-5-18(6-8-26)25-11-9-24(2)10-12-25;1-3-15-7-8(6-14-15)9-4-11(16(17)18)12(19-2)5-10(9)13;1-12-6-8-13(9-7-12)10-2-4-11-5-3-10;2-1-4-3;;;/h13-16,18H,4-12H2,1-3H3;4-7H,3H2,1-2H3;10-11H,2-9H2,1H3;1,3H;;;/q;;;;2*+1;-1/p-1. The number of hydrogen-bond acceptors (Lipinski definition) is 17. The zero-order valence-corrected chi connectivity index (χ0v) is 47.8. The first-order valence-electron chi connectivity index (χ1n) is 22.8. The fourth-order valence-electron chi connectivity index (χ4n) is 8.80. The van der Waals surface area contributed by atoms with E-state index >= 15 is 0 Å². The molecule has 2 aromatic carbocycles. The van der Waals surface area contributed by atoms with Gasteiger partial charge >= 0.3 is 114 Å². The molecule has 4 aliphatic rings. The van der Waals surface area contributed by atoms with Gasteiger partial charge in [0.2, 0.25) is 0 Å². The maximum Gasteiger partial charge on any atom is 1.00 e. The summed E-state index contributed by atoms with van der Waals surface area (Å²) in [5.74, 6) is -0.389. The number of carbonyl (C=O) groups excluding carboxylic acids is 1. The molecule has 0 saturated carbocycles. The molecule has 0 bridgehead atoms. The summed E-state index contributed by atoms with van der Waals surface area (Å²) in [5.41, 5.74) is 3.04. The Bertz CT molecular complexity index is 2200. The molecule has 6 heterocycles. The Hall–Kier alpha value is -2.51. The van der Waals surface area contributed by atoms with E-state index < -0.39 is 10.7 Å². The predicted octanol–water partition coefficient (Wildman–Crippen LogP) is -2.13. The number of nitro benzene ring substituents is 2. The number of rotatable bonds is 12. The number of nitrogens with zero attached hydrogens (tertiary/aromatic N) is 11. The number of aryl methyl sites for hydroxylation is 2. The summed E-state index contributed by atoms with van der Waals surface area (Å²) in [4.78, 5) is 45.3. The van der Waals surface area contributed by atoms with Gasteiger partial charge < -0.3 is 41.1 Å². The van der Waals surface area contributed by atoms with Gasteiger partial charge in [-0.25, -0.2) is 4.39 Å². The van der Waals surface area contributed by atoms with Gasteiger partial charge in [0.25, 0.3) is 6.47 Å². The third-order valence-electron chi connectivity index (χ3n) is 12.8. The van der Waals surface area contributed by atoms with E-state index in [1.54, 1.807) is 23.1 Å². The number of nitro groups is 2. The van der Waals surface area contributed by atoms with Crippen molar-refractivity contribution in [3.63, 3.8) is 0 Å². The van der Waals surface area contributed by atoms with Crippen LogP contribution in [0.15, 0.2) is 49.1 Å². The summed E-state index contributed by atoms with van der Waals surface area (Å²) >= 11 is 0. The second-order valence-corrected chi connectivity index (χ2v) is 16.8. The van der Waals surface area contributed by atoms with Crippen LogP contribution in [-0.4, -0.2) is 174 Å². The van der Waals surface area contributed by atoms with Crippen LogP contribution < -0.4 is 128 Å². The summed E-state index contributed by atoms with van der Waals surface area (Å²) in [6.45, 7) is 19.0. The maximum atomic E-state index is 13.9. The minimum absolute atomic E-state index is 0. The monoisotopic (exact) mass is 1020 g/mol. The van der Waals surface area contributed by atoms with Crippen LogP contribution in [0.3, 0.4) is 0 Å². The van der Waals surface area contributed by atoms with E-state index in [2.05, 4.69) is 59.0 Å². The number of aromatic nitrogens is 4. The normalized spacial score (nSPS) is 17.2. The van der Waals surface area contributed by atoms with Gasteiger partial charge in [0.05, 0.1) is 36.5 Å². The van der Waals surface area contributed by atoms with Gasteiger partial charge in [-0.1, -0.05) is 0 Å². The Morgan fingerprint density at radius 1 is 0.710 bits per heavy atom. The van der Waals surface area contributed by atoms with Crippen molar-refractivity contribution in [1.82, 2.24) is 44.5 Å². The number of carbonyl (C=O) groups is 1. The summed E-state index contributed by atoms with van der Waals surface area (Å²) in [7, 11) is 7.15. The molecule has 21 nitrogen and oxygen atoms in total. The number of nitrogens with one attached hydrogen (secondary N) is 1. The fourth-order valence-corrected chi connectivity index (χ4v) is 8.80. The quantitative estimate of drug-likeness (QED) is 0.0527. The maximum absolute atomic E-state index is 13.9. The Kier molecular flexibility index (Phi) is 27.5. The molecule has 4 aliphatic heterocycles. The number of hydrogen-bond donors (Lipinski definition) is 1. The number of benzene rings is 2. The van der Waals surface area contributed by atoms with E-state index in [1.165, 1.54) is 72.5 Å². The minimum atomic E-state index is -0.605. The number of likely N-dealkylation sites (N-methyl/N-ethyl adjacent to an activating group) is 2. The molecule has 24 heteroatoms. The van der Waals surface area contributed by atoms with Crippen LogP contribution in [0.1, 0.15) is 41.0 Å². The van der Waals surface area contributed by atoms with Crippen LogP contribution in [0.25, 0.3) is 22.3 Å². The van der Waals surface area contributed by atoms with Gasteiger partial charge in [-0.15, -0.1) is 0 Å². The number of halogens is 1. The summed E-state index contributed by atoms with van der Waals surface area (Å²) < 4.78 is 27.6. The van der Waals surface area contributed by atoms with Crippen molar-refractivity contribution in [3.05, 3.63) is 75.1 Å². The van der Waals surface area contributed by atoms with Gasteiger partial charge in [0.1, 0.15) is 5.82 Å². The molecule has 0 radical (unpaired) electrons. The zero-order chi connectivity index (χ0) is 48.5. The van der Waals surface area contributed by atoms with Crippen LogP contribution in [0.4, 0.5) is 21.5 Å². The number of piperazine rings is 2. The van der Waals surface area contributed by atoms with E-state index in [1.807, 2.05) is 30.8 Å². The van der Waals surface area contributed by atoms with Gasteiger partial charge in [-0.2, -0.15) is 10.2 Å². The largest absolute Gasteiger partial charge is 1.00 e. The molecule has 0 amide bonds. The Balaban J connectivity index is 0.000000368. The molecule has 4 aromatic rings.